The first-order chi connectivity index (χ1) is 15.0. The third kappa shape index (κ3) is 5.15. The summed E-state index contributed by atoms with van der Waals surface area (Å²) < 4.78 is 0. The van der Waals surface area contributed by atoms with Crippen LogP contribution in [-0.4, -0.2) is 11.8 Å². The van der Waals surface area contributed by atoms with Crippen molar-refractivity contribution in [2.75, 3.05) is 10.2 Å². The number of hydrogen-bond acceptors (Lipinski definition) is 2. The van der Waals surface area contributed by atoms with E-state index in [0.717, 1.165) is 29.7 Å². The number of para-hydroxylation sites is 1. The van der Waals surface area contributed by atoms with Gasteiger partial charge in [0.25, 0.3) is 0 Å². The van der Waals surface area contributed by atoms with Crippen molar-refractivity contribution in [3.05, 3.63) is 95.0 Å². The first-order valence-corrected chi connectivity index (χ1v) is 10.9. The Bertz CT molecular complexity index is 1060. The van der Waals surface area contributed by atoms with E-state index >= 15 is 0 Å². The molecule has 0 bridgehead atoms. The number of carbonyl (C=O) groups excluding carboxylic acids is 2. The summed E-state index contributed by atoms with van der Waals surface area (Å²) >= 11 is 6.28. The third-order valence-electron chi connectivity index (χ3n) is 5.57. The summed E-state index contributed by atoms with van der Waals surface area (Å²) in [6, 6.07) is 23.9. The molecular weight excluding hydrogens is 408 g/mol. The molecule has 3 aromatic rings. The summed E-state index contributed by atoms with van der Waals surface area (Å²) in [6.45, 7) is 2.00. The lowest BCUT2D eigenvalue weighted by Crippen LogP contribution is -2.39. The Balaban J connectivity index is 1.74. The molecule has 0 aromatic heterocycles. The fraction of sp³-hybridized carbons (Fsp3) is 0.231. The van der Waals surface area contributed by atoms with Gasteiger partial charge in [-0.3, -0.25) is 9.69 Å². The molecule has 4 rings (SSSR count). The van der Waals surface area contributed by atoms with Crippen LogP contribution >= 0.6 is 11.6 Å². The van der Waals surface area contributed by atoms with Crippen molar-refractivity contribution in [3.63, 3.8) is 0 Å². The predicted octanol–water partition coefficient (Wildman–Crippen LogP) is 6.80. The van der Waals surface area contributed by atoms with E-state index in [1.165, 1.54) is 0 Å². The van der Waals surface area contributed by atoms with Crippen molar-refractivity contribution in [1.82, 2.24) is 0 Å². The van der Waals surface area contributed by atoms with Crippen LogP contribution in [0.2, 0.25) is 5.02 Å². The van der Waals surface area contributed by atoms with E-state index in [0.29, 0.717) is 10.7 Å². The first-order valence-electron chi connectivity index (χ1n) is 10.5. The predicted molar refractivity (Wildman–Crippen MR) is 126 cm³/mol. The van der Waals surface area contributed by atoms with Crippen LogP contribution in [0.5, 0.6) is 0 Å². The largest absolute Gasteiger partial charge is 0.326 e. The molecule has 1 N–H and O–H groups in total. The standard InChI is InChI=1S/C26H25ClN2O2/c1-18-11-15-21(16-12-18)29(26(31)28-23-10-6-5-9-22(23)27)24(17-25(30)20-13-14-20)19-7-3-2-4-8-19/h2-12,15-16,20,24H,13-14,17H2,1H3,(H,28,31)/t24-/m1/s1. The molecule has 4 nitrogen and oxygen atoms in total. The van der Waals surface area contributed by atoms with E-state index in [2.05, 4.69) is 5.32 Å². The van der Waals surface area contributed by atoms with Gasteiger partial charge in [0, 0.05) is 18.0 Å². The molecule has 0 radical (unpaired) electrons. The van der Waals surface area contributed by atoms with Crippen LogP contribution in [0, 0.1) is 12.8 Å². The van der Waals surface area contributed by atoms with Gasteiger partial charge >= 0.3 is 6.03 Å². The fourth-order valence-corrected chi connectivity index (χ4v) is 3.86. The van der Waals surface area contributed by atoms with E-state index < -0.39 is 6.04 Å². The molecule has 1 fully saturated rings. The molecule has 1 atom stereocenters. The molecule has 0 saturated heterocycles. The highest BCUT2D eigenvalue weighted by Crippen LogP contribution is 2.37. The van der Waals surface area contributed by atoms with Gasteiger partial charge in [0.15, 0.2) is 0 Å². The Morgan fingerprint density at radius 3 is 2.26 bits per heavy atom. The van der Waals surface area contributed by atoms with Gasteiger partial charge in [-0.05, 0) is 49.6 Å². The Morgan fingerprint density at radius 2 is 1.61 bits per heavy atom. The molecule has 0 unspecified atom stereocenters. The number of aryl methyl sites for hydroxylation is 1. The second kappa shape index (κ2) is 9.36. The van der Waals surface area contributed by atoms with Gasteiger partial charge in [0.1, 0.15) is 5.78 Å². The van der Waals surface area contributed by atoms with Crippen molar-refractivity contribution in [1.29, 1.82) is 0 Å². The molecule has 1 saturated carbocycles. The molecular formula is C26H25ClN2O2. The first kappa shape index (κ1) is 21.1. The maximum Gasteiger partial charge on any atom is 0.326 e. The number of nitrogens with one attached hydrogen (secondary N) is 1. The van der Waals surface area contributed by atoms with Crippen LogP contribution in [0.15, 0.2) is 78.9 Å². The van der Waals surface area contributed by atoms with Crippen molar-refractivity contribution < 1.29 is 9.59 Å². The lowest BCUT2D eigenvalue weighted by molar-refractivity contribution is -0.120. The van der Waals surface area contributed by atoms with Crippen LogP contribution in [0.1, 0.15) is 36.4 Å². The normalized spacial score (nSPS) is 14.0. The van der Waals surface area contributed by atoms with Crippen molar-refractivity contribution in [2.24, 2.45) is 5.92 Å². The number of anilines is 2. The summed E-state index contributed by atoms with van der Waals surface area (Å²) in [5, 5.41) is 3.40. The number of amides is 2. The van der Waals surface area contributed by atoms with Crippen molar-refractivity contribution in [3.8, 4) is 0 Å². The second-order valence-electron chi connectivity index (χ2n) is 7.99. The number of ketones is 1. The minimum Gasteiger partial charge on any atom is -0.306 e. The highest BCUT2D eigenvalue weighted by molar-refractivity contribution is 6.33. The number of Topliss-reactive ketones (excluding diaryl/α,β-unsaturated/α-hetero) is 1. The van der Waals surface area contributed by atoms with E-state index in [1.54, 1.807) is 17.0 Å². The highest BCUT2D eigenvalue weighted by Gasteiger charge is 2.35. The van der Waals surface area contributed by atoms with Crippen molar-refractivity contribution in [2.45, 2.75) is 32.2 Å². The minimum atomic E-state index is -0.417. The number of hydrogen-bond donors (Lipinski definition) is 1. The zero-order valence-corrected chi connectivity index (χ0v) is 18.2. The summed E-state index contributed by atoms with van der Waals surface area (Å²) in [6.07, 6.45) is 2.16. The molecule has 1 aliphatic carbocycles. The number of carbonyl (C=O) groups is 2. The number of halogens is 1. The molecule has 5 heteroatoms. The molecule has 158 valence electrons. The van der Waals surface area contributed by atoms with Gasteiger partial charge in [-0.15, -0.1) is 0 Å². The average molecular weight is 433 g/mol. The van der Waals surface area contributed by atoms with Crippen LogP contribution in [0.4, 0.5) is 16.2 Å². The van der Waals surface area contributed by atoms with Crippen LogP contribution in [-0.2, 0) is 4.79 Å². The highest BCUT2D eigenvalue weighted by atomic mass is 35.5. The quantitative estimate of drug-likeness (QED) is 0.446. The summed E-state index contributed by atoms with van der Waals surface area (Å²) in [5.41, 5.74) is 3.28. The van der Waals surface area contributed by atoms with Gasteiger partial charge in [-0.1, -0.05) is 71.8 Å². The molecule has 31 heavy (non-hydrogen) atoms. The minimum absolute atomic E-state index is 0.123. The Labute approximate surface area is 187 Å². The second-order valence-corrected chi connectivity index (χ2v) is 8.39. The molecule has 2 amide bonds. The van der Waals surface area contributed by atoms with Gasteiger partial charge < -0.3 is 5.32 Å². The van der Waals surface area contributed by atoms with E-state index in [4.69, 9.17) is 11.6 Å². The number of urea groups is 1. The van der Waals surface area contributed by atoms with E-state index in [9.17, 15) is 9.59 Å². The Kier molecular flexibility index (Phi) is 6.38. The number of nitrogens with zero attached hydrogens (tertiary/aromatic N) is 1. The lowest BCUT2D eigenvalue weighted by atomic mass is 9.97. The zero-order chi connectivity index (χ0) is 21.8. The van der Waals surface area contributed by atoms with E-state index in [-0.39, 0.29) is 24.2 Å². The van der Waals surface area contributed by atoms with Crippen LogP contribution in [0.3, 0.4) is 0 Å². The maximum atomic E-state index is 13.6. The molecule has 0 spiro atoms. The molecule has 1 aliphatic rings. The average Bonchev–Trinajstić information content (AvgIpc) is 3.62. The molecule has 0 aliphatic heterocycles. The molecule has 3 aromatic carbocycles. The Morgan fingerprint density at radius 1 is 0.968 bits per heavy atom. The van der Waals surface area contributed by atoms with Crippen molar-refractivity contribution >= 4 is 34.8 Å². The van der Waals surface area contributed by atoms with Gasteiger partial charge in [-0.2, -0.15) is 0 Å². The fourth-order valence-electron chi connectivity index (χ4n) is 3.68. The summed E-state index contributed by atoms with van der Waals surface area (Å²) in [7, 11) is 0. The smallest absolute Gasteiger partial charge is 0.306 e. The SMILES string of the molecule is Cc1ccc(N(C(=O)Nc2ccccc2Cl)[C@H](CC(=O)C2CC2)c2ccccc2)cc1. The zero-order valence-electron chi connectivity index (χ0n) is 17.4. The number of rotatable bonds is 7. The van der Waals surface area contributed by atoms with Crippen LogP contribution in [0.25, 0.3) is 0 Å². The maximum absolute atomic E-state index is 13.6. The van der Waals surface area contributed by atoms with Crippen LogP contribution < -0.4 is 10.2 Å². The summed E-state index contributed by atoms with van der Waals surface area (Å²) in [4.78, 5) is 28.1. The molecule has 0 heterocycles. The lowest BCUT2D eigenvalue weighted by Gasteiger charge is -2.32. The van der Waals surface area contributed by atoms with Gasteiger partial charge in [0.2, 0.25) is 0 Å². The topological polar surface area (TPSA) is 49.4 Å². The van der Waals surface area contributed by atoms with Gasteiger partial charge in [0.05, 0.1) is 16.8 Å². The van der Waals surface area contributed by atoms with Gasteiger partial charge in [-0.25, -0.2) is 4.79 Å². The summed E-state index contributed by atoms with van der Waals surface area (Å²) in [5.74, 6) is 0.328. The monoisotopic (exact) mass is 432 g/mol. The number of benzene rings is 3. The van der Waals surface area contributed by atoms with E-state index in [1.807, 2.05) is 73.7 Å². The third-order valence-corrected chi connectivity index (χ3v) is 5.90. The Hall–Kier alpha value is -3.11.